The molecule has 38 heavy (non-hydrogen) atoms. The second-order valence-electron chi connectivity index (χ2n) is 9.06. The van der Waals surface area contributed by atoms with E-state index in [1.807, 2.05) is 24.4 Å². The van der Waals surface area contributed by atoms with Gasteiger partial charge in [-0.05, 0) is 61.3 Å². The Morgan fingerprint density at radius 1 is 1.08 bits per heavy atom. The fourth-order valence-electron chi connectivity index (χ4n) is 4.62. The fourth-order valence-corrected chi connectivity index (χ4v) is 4.91. The molecular formula is C27H24ClF3N6O. The summed E-state index contributed by atoms with van der Waals surface area (Å²) in [4.78, 5) is 15.1. The number of aromatic nitrogens is 3. The Morgan fingerprint density at radius 2 is 1.89 bits per heavy atom. The molecule has 1 N–H and O–H groups in total. The number of H-pyrrole nitrogens is 1. The van der Waals surface area contributed by atoms with Gasteiger partial charge in [0.2, 0.25) is 0 Å². The van der Waals surface area contributed by atoms with Gasteiger partial charge in [0.25, 0.3) is 0 Å². The van der Waals surface area contributed by atoms with Crippen LogP contribution in [-0.2, 0) is 12.6 Å². The van der Waals surface area contributed by atoms with Gasteiger partial charge in [0.05, 0.1) is 22.3 Å². The van der Waals surface area contributed by atoms with Crippen LogP contribution in [0.25, 0.3) is 10.9 Å². The third-order valence-electron chi connectivity index (χ3n) is 6.58. The third kappa shape index (κ3) is 5.85. The van der Waals surface area contributed by atoms with E-state index in [0.717, 1.165) is 74.4 Å². The first kappa shape index (κ1) is 25.8. The highest BCUT2D eigenvalue weighted by molar-refractivity contribution is 6.33. The van der Waals surface area contributed by atoms with Crippen molar-refractivity contribution in [3.8, 4) is 17.8 Å². The summed E-state index contributed by atoms with van der Waals surface area (Å²) in [6.07, 6.45) is 0.388. The summed E-state index contributed by atoms with van der Waals surface area (Å²) in [6.45, 7) is 4.35. The number of alkyl halides is 3. The minimum Gasteiger partial charge on any atom is -0.424 e. The lowest BCUT2D eigenvalue weighted by molar-refractivity contribution is -0.141. The van der Waals surface area contributed by atoms with Gasteiger partial charge in [0.1, 0.15) is 5.75 Å². The summed E-state index contributed by atoms with van der Waals surface area (Å²) >= 11 is 6.50. The zero-order chi connectivity index (χ0) is 26.7. The van der Waals surface area contributed by atoms with E-state index in [1.165, 1.54) is 5.56 Å². The molecule has 0 atom stereocenters. The number of benzene rings is 2. The zero-order valence-electron chi connectivity index (χ0n) is 20.3. The Bertz CT molecular complexity index is 1470. The number of aryl methyl sites for hydroxylation is 1. The molecule has 2 aromatic carbocycles. The van der Waals surface area contributed by atoms with Gasteiger partial charge in [-0.1, -0.05) is 11.6 Å². The third-order valence-corrected chi connectivity index (χ3v) is 6.88. The maximum Gasteiger partial charge on any atom is 0.433 e. The second kappa shape index (κ2) is 10.9. The molecular weight excluding hydrogens is 517 g/mol. The minimum absolute atomic E-state index is 0.260. The van der Waals surface area contributed by atoms with Crippen molar-refractivity contribution in [3.63, 3.8) is 0 Å². The number of nitrogens with one attached hydrogen (secondary N) is 1. The Balaban J connectivity index is 1.13. The van der Waals surface area contributed by atoms with E-state index < -0.39 is 17.9 Å². The normalized spacial score (nSPS) is 14.6. The van der Waals surface area contributed by atoms with Crippen molar-refractivity contribution < 1.29 is 17.9 Å². The first-order valence-corrected chi connectivity index (χ1v) is 12.5. The van der Waals surface area contributed by atoms with Crippen molar-refractivity contribution in [1.82, 2.24) is 19.9 Å². The molecule has 0 aliphatic carbocycles. The number of hydrogen-bond donors (Lipinski definition) is 1. The van der Waals surface area contributed by atoms with Gasteiger partial charge in [0, 0.05) is 55.5 Å². The van der Waals surface area contributed by atoms with Crippen molar-refractivity contribution >= 4 is 28.2 Å². The summed E-state index contributed by atoms with van der Waals surface area (Å²) in [5.74, 6) is 0.260. The number of nitriles is 1. The van der Waals surface area contributed by atoms with Gasteiger partial charge in [-0.15, -0.1) is 0 Å². The van der Waals surface area contributed by atoms with Crippen LogP contribution in [0.2, 0.25) is 5.02 Å². The molecule has 11 heteroatoms. The highest BCUT2D eigenvalue weighted by Crippen LogP contribution is 2.33. The van der Waals surface area contributed by atoms with Crippen LogP contribution < -0.4 is 9.64 Å². The van der Waals surface area contributed by atoms with Gasteiger partial charge in [-0.2, -0.15) is 23.4 Å². The first-order chi connectivity index (χ1) is 18.3. The van der Waals surface area contributed by atoms with Crippen molar-refractivity contribution in [2.45, 2.75) is 19.0 Å². The van der Waals surface area contributed by atoms with E-state index >= 15 is 0 Å². The van der Waals surface area contributed by atoms with E-state index in [1.54, 1.807) is 18.2 Å². The fraction of sp³-hybridized carbons (Fsp3) is 0.296. The molecule has 2 aromatic heterocycles. The number of anilines is 1. The predicted molar refractivity (Wildman–Crippen MR) is 139 cm³/mol. The molecule has 0 spiro atoms. The Hall–Kier alpha value is -3.81. The zero-order valence-corrected chi connectivity index (χ0v) is 21.1. The lowest BCUT2D eigenvalue weighted by Gasteiger charge is -2.36. The number of ether oxygens (including phenoxy) is 1. The molecule has 7 nitrogen and oxygen atoms in total. The molecule has 1 aliphatic rings. The molecule has 5 rings (SSSR count). The molecule has 0 radical (unpaired) electrons. The number of aromatic amines is 1. The Kier molecular flexibility index (Phi) is 7.40. The number of halogens is 4. The highest BCUT2D eigenvalue weighted by atomic mass is 35.5. The molecule has 196 valence electrons. The largest absolute Gasteiger partial charge is 0.433 e. The van der Waals surface area contributed by atoms with Crippen molar-refractivity contribution in [2.75, 3.05) is 37.6 Å². The summed E-state index contributed by atoms with van der Waals surface area (Å²) < 4.78 is 44.1. The Labute approximate surface area is 222 Å². The Morgan fingerprint density at radius 3 is 2.63 bits per heavy atom. The van der Waals surface area contributed by atoms with Crippen LogP contribution in [0, 0.1) is 11.3 Å². The van der Waals surface area contributed by atoms with E-state index in [4.69, 9.17) is 16.3 Å². The molecule has 1 saturated heterocycles. The van der Waals surface area contributed by atoms with Crippen LogP contribution in [0.3, 0.4) is 0 Å². The highest BCUT2D eigenvalue weighted by Gasteiger charge is 2.33. The van der Waals surface area contributed by atoms with Gasteiger partial charge < -0.3 is 14.6 Å². The molecule has 0 unspecified atom stereocenters. The maximum atomic E-state index is 12.9. The molecule has 3 heterocycles. The maximum absolute atomic E-state index is 12.9. The first-order valence-electron chi connectivity index (χ1n) is 12.2. The SMILES string of the molecule is N#Cc1ccc2[nH]cc(CCCN3CCN(c4ccc(Oc5nccc(C(F)(F)F)n5)cc4Cl)CC3)c2c1. The van der Waals surface area contributed by atoms with Crippen LogP contribution in [0.4, 0.5) is 18.9 Å². The molecule has 0 bridgehead atoms. The van der Waals surface area contributed by atoms with Crippen molar-refractivity contribution in [3.05, 3.63) is 76.7 Å². The van der Waals surface area contributed by atoms with Crippen LogP contribution >= 0.6 is 11.6 Å². The van der Waals surface area contributed by atoms with Crippen LogP contribution in [0.1, 0.15) is 23.2 Å². The van der Waals surface area contributed by atoms with Crippen LogP contribution in [-0.4, -0.2) is 52.6 Å². The number of fused-ring (bicyclic) bond motifs is 1. The van der Waals surface area contributed by atoms with Gasteiger partial charge in [-0.3, -0.25) is 4.90 Å². The van der Waals surface area contributed by atoms with E-state index in [-0.39, 0.29) is 5.75 Å². The van der Waals surface area contributed by atoms with Crippen LogP contribution in [0.15, 0.2) is 54.9 Å². The van der Waals surface area contributed by atoms with E-state index in [0.29, 0.717) is 10.6 Å². The van der Waals surface area contributed by atoms with Crippen LogP contribution in [0.5, 0.6) is 11.8 Å². The van der Waals surface area contributed by atoms with E-state index in [2.05, 4.69) is 30.8 Å². The topological polar surface area (TPSA) is 81.1 Å². The predicted octanol–water partition coefficient (Wildman–Crippen LogP) is 6.05. The quantitative estimate of drug-likeness (QED) is 0.307. The van der Waals surface area contributed by atoms with E-state index in [9.17, 15) is 18.4 Å². The lowest BCUT2D eigenvalue weighted by atomic mass is 10.1. The summed E-state index contributed by atoms with van der Waals surface area (Å²) in [7, 11) is 0. The molecule has 4 aromatic rings. The van der Waals surface area contributed by atoms with Gasteiger partial charge in [-0.25, -0.2) is 4.98 Å². The smallest absolute Gasteiger partial charge is 0.424 e. The van der Waals surface area contributed by atoms with Crippen molar-refractivity contribution in [2.24, 2.45) is 0 Å². The molecule has 1 fully saturated rings. The number of rotatable bonds is 7. The average molecular weight is 541 g/mol. The molecule has 1 aliphatic heterocycles. The monoisotopic (exact) mass is 540 g/mol. The number of hydrogen-bond acceptors (Lipinski definition) is 6. The summed E-state index contributed by atoms with van der Waals surface area (Å²) in [5, 5.41) is 10.7. The number of piperazine rings is 1. The number of nitrogens with zero attached hydrogens (tertiary/aromatic N) is 5. The molecule has 0 amide bonds. The minimum atomic E-state index is -4.58. The summed E-state index contributed by atoms with van der Waals surface area (Å²) in [6, 6.07) is 13.3. The van der Waals surface area contributed by atoms with Gasteiger partial charge >= 0.3 is 12.2 Å². The standard InChI is InChI=1S/C27H24ClF3N6O/c28-22-15-20(38-26-33-8-7-25(35-26)27(29,30)31)4-6-24(22)37-12-10-36(11-13-37)9-1-2-19-17-34-23-5-3-18(16-32)14-21(19)23/h3-8,14-15,17,34H,1-2,9-13H2. The van der Waals surface area contributed by atoms with Gasteiger partial charge in [0.15, 0.2) is 5.69 Å². The average Bonchev–Trinajstić information content (AvgIpc) is 3.31. The lowest BCUT2D eigenvalue weighted by Crippen LogP contribution is -2.46. The molecule has 0 saturated carbocycles. The van der Waals surface area contributed by atoms with Crippen molar-refractivity contribution in [1.29, 1.82) is 5.26 Å². The summed E-state index contributed by atoms with van der Waals surface area (Å²) in [5.41, 5.74) is 2.70. The second-order valence-corrected chi connectivity index (χ2v) is 9.46.